The molecule has 1 saturated heterocycles. The molecule has 2 heterocycles. The molecular formula is C25H29N3O2S. The predicted octanol–water partition coefficient (Wildman–Crippen LogP) is 4.65. The second-order valence-electron chi connectivity index (χ2n) is 7.83. The fraction of sp³-hybridized carbons (Fsp3) is 0.360. The molecule has 0 aliphatic carbocycles. The molecule has 5 nitrogen and oxygen atoms in total. The standard InChI is InChI=1S/C25H29N3O2S/c1-2-3-17-30-22-11-9-20(10-12-22)18-23-24(29)26-25(31-23)28-15-13-27(14-16-28)19-21-7-5-4-6-8-21/h4-12,18H,2-3,13-17,19H2,1H3/b23-18+. The van der Waals surface area contributed by atoms with Crippen LogP contribution in [0.15, 0.2) is 64.5 Å². The van der Waals surface area contributed by atoms with Crippen molar-refractivity contribution in [2.75, 3.05) is 32.8 Å². The number of carbonyl (C=O) groups is 1. The lowest BCUT2D eigenvalue weighted by atomic mass is 10.2. The van der Waals surface area contributed by atoms with Crippen LogP contribution < -0.4 is 4.74 Å². The zero-order chi connectivity index (χ0) is 21.5. The molecule has 0 unspecified atom stereocenters. The van der Waals surface area contributed by atoms with Crippen molar-refractivity contribution >= 4 is 28.9 Å². The SMILES string of the molecule is CCCCOc1ccc(/C=C2/SC(N3CCN(Cc4ccccc4)CC3)=NC2=O)cc1. The number of carbonyl (C=O) groups excluding carboxylic acids is 1. The Kier molecular flexibility index (Phi) is 7.43. The number of rotatable bonds is 7. The molecule has 0 aromatic heterocycles. The minimum absolute atomic E-state index is 0.144. The molecule has 0 atom stereocenters. The average Bonchev–Trinajstić information content (AvgIpc) is 3.16. The molecular weight excluding hydrogens is 406 g/mol. The fourth-order valence-corrected chi connectivity index (χ4v) is 4.58. The number of aliphatic imine (C=N–C) groups is 1. The summed E-state index contributed by atoms with van der Waals surface area (Å²) in [7, 11) is 0. The highest BCUT2D eigenvalue weighted by molar-refractivity contribution is 8.18. The predicted molar refractivity (Wildman–Crippen MR) is 128 cm³/mol. The molecule has 2 aromatic rings. The van der Waals surface area contributed by atoms with E-state index in [2.05, 4.69) is 52.0 Å². The normalized spacial score (nSPS) is 18.5. The highest BCUT2D eigenvalue weighted by Crippen LogP contribution is 2.31. The summed E-state index contributed by atoms with van der Waals surface area (Å²) in [6.07, 6.45) is 4.09. The number of benzene rings is 2. The van der Waals surface area contributed by atoms with Gasteiger partial charge in [-0.25, -0.2) is 0 Å². The summed E-state index contributed by atoms with van der Waals surface area (Å²) in [5, 5.41) is 0.829. The van der Waals surface area contributed by atoms with Gasteiger partial charge < -0.3 is 9.64 Å². The van der Waals surface area contributed by atoms with Crippen molar-refractivity contribution in [1.29, 1.82) is 0 Å². The molecule has 0 spiro atoms. The molecule has 0 N–H and O–H groups in total. The fourth-order valence-electron chi connectivity index (χ4n) is 3.62. The van der Waals surface area contributed by atoms with Gasteiger partial charge in [0.1, 0.15) is 5.75 Å². The van der Waals surface area contributed by atoms with E-state index in [0.717, 1.165) is 68.7 Å². The summed E-state index contributed by atoms with van der Waals surface area (Å²) >= 11 is 1.48. The van der Waals surface area contributed by atoms with E-state index in [9.17, 15) is 4.79 Å². The lowest BCUT2D eigenvalue weighted by Gasteiger charge is -2.35. The summed E-state index contributed by atoms with van der Waals surface area (Å²) in [5.41, 5.74) is 2.33. The van der Waals surface area contributed by atoms with E-state index in [1.54, 1.807) is 0 Å². The lowest BCUT2D eigenvalue weighted by Crippen LogP contribution is -2.47. The monoisotopic (exact) mass is 435 g/mol. The van der Waals surface area contributed by atoms with Crippen LogP contribution in [0.25, 0.3) is 6.08 Å². The van der Waals surface area contributed by atoms with Gasteiger partial charge in [-0.2, -0.15) is 4.99 Å². The Bertz CT molecular complexity index is 933. The number of thioether (sulfide) groups is 1. The summed E-state index contributed by atoms with van der Waals surface area (Å²) in [6, 6.07) is 18.5. The van der Waals surface area contributed by atoms with Crippen LogP contribution in [-0.4, -0.2) is 53.7 Å². The first-order valence-corrected chi connectivity index (χ1v) is 11.8. The number of piperazine rings is 1. The van der Waals surface area contributed by atoms with Gasteiger partial charge in [-0.05, 0) is 47.5 Å². The summed E-state index contributed by atoms with van der Waals surface area (Å²) in [5.74, 6) is 0.723. The summed E-state index contributed by atoms with van der Waals surface area (Å²) in [6.45, 7) is 7.59. The van der Waals surface area contributed by atoms with Gasteiger partial charge >= 0.3 is 0 Å². The number of nitrogens with zero attached hydrogens (tertiary/aromatic N) is 3. The van der Waals surface area contributed by atoms with Crippen molar-refractivity contribution in [3.8, 4) is 5.75 Å². The number of ether oxygens (including phenoxy) is 1. The van der Waals surface area contributed by atoms with Gasteiger partial charge in [-0.3, -0.25) is 9.69 Å². The maximum Gasteiger partial charge on any atom is 0.286 e. The van der Waals surface area contributed by atoms with Crippen LogP contribution in [0.3, 0.4) is 0 Å². The molecule has 162 valence electrons. The first-order valence-electron chi connectivity index (χ1n) is 11.0. The van der Waals surface area contributed by atoms with Crippen LogP contribution >= 0.6 is 11.8 Å². The second-order valence-corrected chi connectivity index (χ2v) is 8.84. The molecule has 1 amide bonds. The lowest BCUT2D eigenvalue weighted by molar-refractivity contribution is -0.113. The van der Waals surface area contributed by atoms with Gasteiger partial charge in [0.05, 0.1) is 11.5 Å². The highest BCUT2D eigenvalue weighted by Gasteiger charge is 2.28. The first-order chi connectivity index (χ1) is 15.2. The van der Waals surface area contributed by atoms with Crippen molar-refractivity contribution in [3.63, 3.8) is 0 Å². The van der Waals surface area contributed by atoms with E-state index < -0.39 is 0 Å². The van der Waals surface area contributed by atoms with Crippen molar-refractivity contribution in [2.45, 2.75) is 26.3 Å². The maximum atomic E-state index is 12.4. The molecule has 0 bridgehead atoms. The van der Waals surface area contributed by atoms with E-state index >= 15 is 0 Å². The molecule has 4 rings (SSSR count). The van der Waals surface area contributed by atoms with Crippen molar-refractivity contribution in [3.05, 3.63) is 70.6 Å². The van der Waals surface area contributed by atoms with Gasteiger partial charge in [0.2, 0.25) is 0 Å². The number of unbranched alkanes of at least 4 members (excludes halogenated alkanes) is 1. The molecule has 6 heteroatoms. The zero-order valence-electron chi connectivity index (χ0n) is 18.0. The molecule has 2 aliphatic rings. The van der Waals surface area contributed by atoms with Crippen molar-refractivity contribution in [1.82, 2.24) is 9.80 Å². The number of amidine groups is 1. The van der Waals surface area contributed by atoms with E-state index in [-0.39, 0.29) is 5.91 Å². The molecule has 31 heavy (non-hydrogen) atoms. The largest absolute Gasteiger partial charge is 0.494 e. The van der Waals surface area contributed by atoms with E-state index in [0.29, 0.717) is 4.91 Å². The van der Waals surface area contributed by atoms with Crippen LogP contribution in [0.4, 0.5) is 0 Å². The van der Waals surface area contributed by atoms with Gasteiger partial charge in [-0.15, -0.1) is 0 Å². The van der Waals surface area contributed by atoms with Gasteiger partial charge in [0.15, 0.2) is 5.17 Å². The Morgan fingerprint density at radius 3 is 2.48 bits per heavy atom. The van der Waals surface area contributed by atoms with Crippen LogP contribution in [-0.2, 0) is 11.3 Å². The molecule has 2 aromatic carbocycles. The summed E-state index contributed by atoms with van der Waals surface area (Å²) < 4.78 is 5.71. The Labute approximate surface area is 188 Å². The Morgan fingerprint density at radius 1 is 1.03 bits per heavy atom. The summed E-state index contributed by atoms with van der Waals surface area (Å²) in [4.78, 5) is 22.1. The molecule has 2 aliphatic heterocycles. The molecule has 0 radical (unpaired) electrons. The van der Waals surface area contributed by atoms with Crippen LogP contribution in [0.5, 0.6) is 5.75 Å². The minimum Gasteiger partial charge on any atom is -0.494 e. The quantitative estimate of drug-likeness (QED) is 0.468. The Morgan fingerprint density at radius 2 is 1.77 bits per heavy atom. The number of amides is 1. The van der Waals surface area contributed by atoms with Crippen LogP contribution in [0.2, 0.25) is 0 Å². The first kappa shape index (κ1) is 21.7. The van der Waals surface area contributed by atoms with Crippen molar-refractivity contribution < 1.29 is 9.53 Å². The Balaban J connectivity index is 1.29. The van der Waals surface area contributed by atoms with Gasteiger partial charge in [-0.1, -0.05) is 55.8 Å². The molecule has 1 fully saturated rings. The van der Waals surface area contributed by atoms with Gasteiger partial charge in [0, 0.05) is 32.7 Å². The van der Waals surface area contributed by atoms with E-state index in [1.165, 1.54) is 17.3 Å². The van der Waals surface area contributed by atoms with Crippen LogP contribution in [0.1, 0.15) is 30.9 Å². The van der Waals surface area contributed by atoms with Gasteiger partial charge in [0.25, 0.3) is 5.91 Å². The average molecular weight is 436 g/mol. The van der Waals surface area contributed by atoms with E-state index in [1.807, 2.05) is 30.3 Å². The topological polar surface area (TPSA) is 45.1 Å². The minimum atomic E-state index is -0.144. The van der Waals surface area contributed by atoms with Crippen LogP contribution in [0, 0.1) is 0 Å². The Hall–Kier alpha value is -2.57. The highest BCUT2D eigenvalue weighted by atomic mass is 32.2. The van der Waals surface area contributed by atoms with Crippen molar-refractivity contribution in [2.24, 2.45) is 4.99 Å². The van der Waals surface area contributed by atoms with E-state index in [4.69, 9.17) is 4.74 Å². The second kappa shape index (κ2) is 10.6. The number of hydrogen-bond acceptors (Lipinski definition) is 5. The third kappa shape index (κ3) is 5.99. The maximum absolute atomic E-state index is 12.4. The smallest absolute Gasteiger partial charge is 0.286 e. The molecule has 0 saturated carbocycles. The zero-order valence-corrected chi connectivity index (χ0v) is 18.8. The third-order valence-electron chi connectivity index (χ3n) is 5.45. The number of hydrogen-bond donors (Lipinski definition) is 0. The third-order valence-corrected chi connectivity index (χ3v) is 6.49.